The molecule has 1 fully saturated rings. The van der Waals surface area contributed by atoms with Crippen molar-refractivity contribution in [2.45, 2.75) is 39.0 Å². The summed E-state index contributed by atoms with van der Waals surface area (Å²) < 4.78 is 6.95. The number of aryl methyl sites for hydroxylation is 1. The minimum Gasteiger partial charge on any atom is -0.373 e. The SMILES string of the molecule is Cc1ccc(C(CN)N2CC(C)OC(C)C2)c(Br)c1. The van der Waals surface area contributed by atoms with E-state index in [2.05, 4.69) is 59.8 Å². The number of hydrogen-bond donors (Lipinski definition) is 1. The first-order valence-corrected chi connectivity index (χ1v) is 7.66. The van der Waals surface area contributed by atoms with Crippen molar-refractivity contribution in [3.63, 3.8) is 0 Å². The van der Waals surface area contributed by atoms with Crippen LogP contribution < -0.4 is 5.73 Å². The highest BCUT2D eigenvalue weighted by molar-refractivity contribution is 9.10. The van der Waals surface area contributed by atoms with Crippen LogP contribution in [-0.4, -0.2) is 36.7 Å². The summed E-state index contributed by atoms with van der Waals surface area (Å²) in [4.78, 5) is 2.44. The quantitative estimate of drug-likeness (QED) is 0.928. The van der Waals surface area contributed by atoms with Crippen LogP contribution in [0.1, 0.15) is 31.0 Å². The molecule has 19 heavy (non-hydrogen) atoms. The smallest absolute Gasteiger partial charge is 0.0678 e. The van der Waals surface area contributed by atoms with Crippen molar-refractivity contribution in [2.24, 2.45) is 5.73 Å². The van der Waals surface area contributed by atoms with Gasteiger partial charge in [-0.05, 0) is 38.0 Å². The lowest BCUT2D eigenvalue weighted by Crippen LogP contribution is -2.48. The van der Waals surface area contributed by atoms with E-state index in [9.17, 15) is 0 Å². The fourth-order valence-electron chi connectivity index (χ4n) is 2.85. The van der Waals surface area contributed by atoms with Crippen LogP contribution in [0, 0.1) is 6.92 Å². The summed E-state index contributed by atoms with van der Waals surface area (Å²) in [6.45, 7) is 8.85. The molecule has 0 bridgehead atoms. The van der Waals surface area contributed by atoms with Crippen molar-refractivity contribution in [2.75, 3.05) is 19.6 Å². The van der Waals surface area contributed by atoms with Gasteiger partial charge >= 0.3 is 0 Å². The summed E-state index contributed by atoms with van der Waals surface area (Å²) >= 11 is 3.67. The molecule has 1 aliphatic heterocycles. The van der Waals surface area contributed by atoms with Crippen molar-refractivity contribution >= 4 is 15.9 Å². The molecule has 0 spiro atoms. The van der Waals surface area contributed by atoms with Crippen molar-refractivity contribution in [1.82, 2.24) is 4.90 Å². The molecule has 0 aliphatic carbocycles. The predicted octanol–water partition coefficient (Wildman–Crippen LogP) is 2.87. The number of benzene rings is 1. The van der Waals surface area contributed by atoms with Crippen molar-refractivity contribution in [3.05, 3.63) is 33.8 Å². The number of morpholine rings is 1. The van der Waals surface area contributed by atoms with E-state index in [4.69, 9.17) is 10.5 Å². The van der Waals surface area contributed by atoms with Crippen LogP contribution in [-0.2, 0) is 4.74 Å². The van der Waals surface area contributed by atoms with Gasteiger partial charge in [0, 0.05) is 30.1 Å². The Bertz CT molecular complexity index is 428. The molecule has 2 rings (SSSR count). The monoisotopic (exact) mass is 326 g/mol. The zero-order valence-corrected chi connectivity index (χ0v) is 13.5. The van der Waals surface area contributed by atoms with Gasteiger partial charge in [-0.2, -0.15) is 0 Å². The molecule has 0 aromatic heterocycles. The summed E-state index contributed by atoms with van der Waals surface area (Å²) in [5.74, 6) is 0. The molecule has 3 unspecified atom stereocenters. The average molecular weight is 327 g/mol. The molecule has 3 nitrogen and oxygen atoms in total. The van der Waals surface area contributed by atoms with Gasteiger partial charge in [0.15, 0.2) is 0 Å². The number of ether oxygens (including phenoxy) is 1. The molecule has 1 aromatic rings. The van der Waals surface area contributed by atoms with E-state index in [1.807, 2.05) is 0 Å². The summed E-state index contributed by atoms with van der Waals surface area (Å²) in [7, 11) is 0. The van der Waals surface area contributed by atoms with Crippen molar-refractivity contribution < 1.29 is 4.74 Å². The first kappa shape index (κ1) is 15.0. The average Bonchev–Trinajstić information content (AvgIpc) is 2.31. The lowest BCUT2D eigenvalue weighted by atomic mass is 10.0. The van der Waals surface area contributed by atoms with E-state index in [1.54, 1.807) is 0 Å². The number of rotatable bonds is 3. The Hall–Kier alpha value is -0.420. The summed E-state index contributed by atoms with van der Waals surface area (Å²) in [5, 5.41) is 0. The number of nitrogens with two attached hydrogens (primary N) is 1. The molecule has 4 heteroatoms. The van der Waals surface area contributed by atoms with Crippen LogP contribution in [0.5, 0.6) is 0 Å². The highest BCUT2D eigenvalue weighted by Crippen LogP contribution is 2.30. The van der Waals surface area contributed by atoms with Crippen LogP contribution in [0.3, 0.4) is 0 Å². The van der Waals surface area contributed by atoms with E-state index in [0.29, 0.717) is 6.54 Å². The molecule has 2 N–H and O–H groups in total. The van der Waals surface area contributed by atoms with Crippen LogP contribution in [0.15, 0.2) is 22.7 Å². The lowest BCUT2D eigenvalue weighted by Gasteiger charge is -2.40. The maximum Gasteiger partial charge on any atom is 0.0678 e. The zero-order valence-electron chi connectivity index (χ0n) is 11.9. The van der Waals surface area contributed by atoms with Gasteiger partial charge in [-0.1, -0.05) is 28.1 Å². The number of hydrogen-bond acceptors (Lipinski definition) is 3. The molecule has 106 valence electrons. The molecule has 0 amide bonds. The molecular formula is C15H23BrN2O. The van der Waals surface area contributed by atoms with E-state index < -0.39 is 0 Å². The van der Waals surface area contributed by atoms with Gasteiger partial charge in [-0.3, -0.25) is 4.90 Å². The van der Waals surface area contributed by atoms with Crippen LogP contribution in [0.4, 0.5) is 0 Å². The van der Waals surface area contributed by atoms with Crippen LogP contribution in [0.2, 0.25) is 0 Å². The first-order chi connectivity index (χ1) is 9.01. The Kier molecular flexibility index (Phi) is 5.01. The normalized spacial score (nSPS) is 26.4. The zero-order chi connectivity index (χ0) is 14.0. The first-order valence-electron chi connectivity index (χ1n) is 6.87. The van der Waals surface area contributed by atoms with E-state index in [1.165, 1.54) is 11.1 Å². The maximum absolute atomic E-state index is 6.03. The van der Waals surface area contributed by atoms with Gasteiger partial charge in [0.05, 0.1) is 12.2 Å². The second-order valence-corrected chi connectivity index (χ2v) is 6.34. The van der Waals surface area contributed by atoms with Gasteiger partial charge in [0.1, 0.15) is 0 Å². The van der Waals surface area contributed by atoms with E-state index in [0.717, 1.165) is 17.6 Å². The second-order valence-electron chi connectivity index (χ2n) is 5.49. The Morgan fingerprint density at radius 2 is 2.00 bits per heavy atom. The minimum absolute atomic E-state index is 0.253. The minimum atomic E-state index is 0.253. The largest absolute Gasteiger partial charge is 0.373 e. The molecule has 0 radical (unpaired) electrons. The van der Waals surface area contributed by atoms with Gasteiger partial charge in [-0.15, -0.1) is 0 Å². The third kappa shape index (κ3) is 3.57. The molecule has 0 saturated carbocycles. The highest BCUT2D eigenvalue weighted by Gasteiger charge is 2.28. The molecule has 1 aliphatic rings. The third-order valence-corrected chi connectivity index (χ3v) is 4.31. The van der Waals surface area contributed by atoms with Crippen molar-refractivity contribution in [3.8, 4) is 0 Å². The Morgan fingerprint density at radius 3 is 2.53 bits per heavy atom. The predicted molar refractivity (Wildman–Crippen MR) is 82.3 cm³/mol. The third-order valence-electron chi connectivity index (χ3n) is 3.63. The molecule has 1 aromatic carbocycles. The maximum atomic E-state index is 6.03. The molecule has 3 atom stereocenters. The Balaban J connectivity index is 2.23. The standard InChI is InChI=1S/C15H23BrN2O/c1-10-4-5-13(14(16)6-10)15(7-17)18-8-11(2)19-12(3)9-18/h4-6,11-12,15H,7-9,17H2,1-3H3. The number of nitrogens with zero attached hydrogens (tertiary/aromatic N) is 1. The van der Waals surface area contributed by atoms with Gasteiger partial charge < -0.3 is 10.5 Å². The summed E-state index contributed by atoms with van der Waals surface area (Å²) in [6, 6.07) is 6.74. The number of halogens is 1. The fourth-order valence-corrected chi connectivity index (χ4v) is 3.60. The van der Waals surface area contributed by atoms with Crippen molar-refractivity contribution in [1.29, 1.82) is 0 Å². The van der Waals surface area contributed by atoms with E-state index >= 15 is 0 Å². The Morgan fingerprint density at radius 1 is 1.37 bits per heavy atom. The second kappa shape index (κ2) is 6.35. The fraction of sp³-hybridized carbons (Fsp3) is 0.600. The topological polar surface area (TPSA) is 38.5 Å². The Labute approximate surface area is 124 Å². The molecule has 1 saturated heterocycles. The van der Waals surface area contributed by atoms with Crippen LogP contribution >= 0.6 is 15.9 Å². The van der Waals surface area contributed by atoms with E-state index in [-0.39, 0.29) is 18.2 Å². The van der Waals surface area contributed by atoms with Gasteiger partial charge in [0.25, 0.3) is 0 Å². The molecule has 1 heterocycles. The lowest BCUT2D eigenvalue weighted by molar-refractivity contribution is -0.0800. The van der Waals surface area contributed by atoms with Gasteiger partial charge in [-0.25, -0.2) is 0 Å². The molecular weight excluding hydrogens is 304 g/mol. The summed E-state index contributed by atoms with van der Waals surface area (Å²) in [5.41, 5.74) is 8.56. The van der Waals surface area contributed by atoms with Gasteiger partial charge in [0.2, 0.25) is 0 Å². The highest BCUT2D eigenvalue weighted by atomic mass is 79.9. The summed E-state index contributed by atoms with van der Waals surface area (Å²) in [6.07, 6.45) is 0.532. The van der Waals surface area contributed by atoms with Crippen LogP contribution in [0.25, 0.3) is 0 Å².